The zero-order valence-corrected chi connectivity index (χ0v) is 25.4. The first-order valence-electron chi connectivity index (χ1n) is 13.4. The van der Waals surface area contributed by atoms with E-state index in [1.165, 1.54) is 33.5 Å². The molecule has 0 atom stereocenters. The van der Waals surface area contributed by atoms with Crippen molar-refractivity contribution >= 4 is 49.8 Å². The minimum atomic E-state index is -4.18. The lowest BCUT2D eigenvalue weighted by molar-refractivity contribution is 0.00578. The fourth-order valence-corrected chi connectivity index (χ4v) is 7.45. The first-order chi connectivity index (χ1) is 19.8. The number of halogens is 1. The van der Waals surface area contributed by atoms with E-state index in [4.69, 9.17) is 15.9 Å². The highest BCUT2D eigenvalue weighted by molar-refractivity contribution is 7.90. The summed E-state index contributed by atoms with van der Waals surface area (Å²) in [6.07, 6.45) is 0. The summed E-state index contributed by atoms with van der Waals surface area (Å²) >= 11 is 1.25. The Labute approximate surface area is 249 Å². The van der Waals surface area contributed by atoms with Crippen LogP contribution in [-0.2, 0) is 19.3 Å². The van der Waals surface area contributed by atoms with Gasteiger partial charge in [0.25, 0.3) is 10.0 Å². The molecule has 3 heterocycles. The van der Waals surface area contributed by atoms with Gasteiger partial charge < -0.3 is 9.31 Å². The van der Waals surface area contributed by atoms with Crippen LogP contribution in [0.4, 0.5) is 9.39 Å². The molecule has 42 heavy (non-hydrogen) atoms. The van der Waals surface area contributed by atoms with Crippen LogP contribution in [0.1, 0.15) is 33.3 Å². The number of nitrogens with zero attached hydrogens (tertiary/aromatic N) is 2. The predicted molar refractivity (Wildman–Crippen MR) is 166 cm³/mol. The normalized spacial score (nSPS) is 16.2. The van der Waals surface area contributed by atoms with Crippen molar-refractivity contribution in [2.24, 2.45) is 0 Å². The van der Waals surface area contributed by atoms with Gasteiger partial charge in [0, 0.05) is 16.5 Å². The lowest BCUT2D eigenvalue weighted by Crippen LogP contribution is -2.41. The van der Waals surface area contributed by atoms with E-state index in [1.807, 2.05) is 58.9 Å². The molecule has 0 aliphatic carbocycles. The van der Waals surface area contributed by atoms with E-state index in [9.17, 15) is 12.8 Å². The van der Waals surface area contributed by atoms with E-state index in [0.29, 0.717) is 43.8 Å². The predicted octanol–water partition coefficient (Wildman–Crippen LogP) is 7.57. The zero-order chi connectivity index (χ0) is 30.0. The summed E-state index contributed by atoms with van der Waals surface area (Å²) in [5.41, 5.74) is 2.71. The van der Waals surface area contributed by atoms with Gasteiger partial charge in [0.05, 0.1) is 33.9 Å². The summed E-state index contributed by atoms with van der Waals surface area (Å²) in [6, 6.07) is 19.8. The molecule has 0 bridgehead atoms. The van der Waals surface area contributed by atoms with Gasteiger partial charge in [0.2, 0.25) is 5.00 Å². The van der Waals surface area contributed by atoms with Crippen LogP contribution in [-0.4, -0.2) is 30.7 Å². The maximum absolute atomic E-state index is 14.8. The number of fused-ring (bicyclic) bond motifs is 1. The van der Waals surface area contributed by atoms with Crippen LogP contribution in [0, 0.1) is 19.3 Å². The van der Waals surface area contributed by atoms with Crippen molar-refractivity contribution in [3.63, 3.8) is 0 Å². The third-order valence-electron chi connectivity index (χ3n) is 8.15. The SMILES string of the molecule is [C-]#[N+]c1sccc1-c1c(-c2cccc(B3OC(C)(C)C(C)(C)O3)c2)n(S(=O)(=O)c2ccc(C)cc2)c2ccc(F)cc12. The summed E-state index contributed by atoms with van der Waals surface area (Å²) < 4.78 is 57.6. The van der Waals surface area contributed by atoms with E-state index in [-0.39, 0.29) is 4.90 Å². The Kier molecular flexibility index (Phi) is 6.70. The molecule has 0 amide bonds. The number of aryl methyl sites for hydroxylation is 1. The van der Waals surface area contributed by atoms with Crippen LogP contribution >= 0.6 is 11.3 Å². The Morgan fingerprint density at radius 3 is 2.31 bits per heavy atom. The number of rotatable bonds is 5. The van der Waals surface area contributed by atoms with Gasteiger partial charge >= 0.3 is 7.12 Å². The fraction of sp³-hybridized carbons (Fsp3) is 0.219. The largest absolute Gasteiger partial charge is 0.494 e. The van der Waals surface area contributed by atoms with Gasteiger partial charge in [-0.15, -0.1) is 0 Å². The summed E-state index contributed by atoms with van der Waals surface area (Å²) in [5.74, 6) is -0.509. The average molecular weight is 599 g/mol. The molecule has 3 aromatic carbocycles. The summed E-state index contributed by atoms with van der Waals surface area (Å²) in [6.45, 7) is 17.6. The Bertz CT molecular complexity index is 1990. The highest BCUT2D eigenvalue weighted by Crippen LogP contribution is 2.47. The Morgan fingerprint density at radius 1 is 0.952 bits per heavy atom. The molecular formula is C32H28BFN2O4S2. The smallest absolute Gasteiger partial charge is 0.399 e. The number of benzene rings is 3. The molecule has 0 saturated carbocycles. The summed E-state index contributed by atoms with van der Waals surface area (Å²) in [4.78, 5) is 3.80. The van der Waals surface area contributed by atoms with Crippen molar-refractivity contribution in [1.29, 1.82) is 0 Å². The highest BCUT2D eigenvalue weighted by Gasteiger charge is 2.51. The van der Waals surface area contributed by atoms with Crippen LogP contribution in [0.2, 0.25) is 0 Å². The van der Waals surface area contributed by atoms with Crippen molar-refractivity contribution < 1.29 is 22.1 Å². The molecule has 1 saturated heterocycles. The van der Waals surface area contributed by atoms with Gasteiger partial charge in [-0.3, -0.25) is 0 Å². The maximum Gasteiger partial charge on any atom is 0.494 e. The Balaban J connectivity index is 1.69. The lowest BCUT2D eigenvalue weighted by atomic mass is 9.78. The molecule has 10 heteroatoms. The van der Waals surface area contributed by atoms with Crippen molar-refractivity contribution in [3.8, 4) is 22.4 Å². The first kappa shape index (κ1) is 28.4. The molecule has 1 aliphatic rings. The van der Waals surface area contributed by atoms with E-state index < -0.39 is 34.2 Å². The molecule has 6 nitrogen and oxygen atoms in total. The number of hydrogen-bond acceptors (Lipinski definition) is 5. The summed E-state index contributed by atoms with van der Waals surface area (Å²) in [5, 5.41) is 2.56. The molecule has 0 unspecified atom stereocenters. The van der Waals surface area contributed by atoms with Gasteiger partial charge in [0.15, 0.2) is 0 Å². The van der Waals surface area contributed by atoms with Crippen molar-refractivity contribution in [2.45, 2.75) is 50.7 Å². The molecule has 0 N–H and O–H groups in total. The van der Waals surface area contributed by atoms with Crippen molar-refractivity contribution in [2.75, 3.05) is 0 Å². The van der Waals surface area contributed by atoms with Crippen LogP contribution in [0.15, 0.2) is 83.1 Å². The van der Waals surface area contributed by atoms with E-state index in [0.717, 1.165) is 5.56 Å². The fourth-order valence-electron chi connectivity index (χ4n) is 5.22. The second kappa shape index (κ2) is 9.92. The second-order valence-corrected chi connectivity index (χ2v) is 14.1. The minimum absolute atomic E-state index is 0.0972. The Hall–Kier alpha value is -3.75. The van der Waals surface area contributed by atoms with E-state index in [1.54, 1.807) is 35.7 Å². The number of aromatic nitrogens is 1. The van der Waals surface area contributed by atoms with Crippen LogP contribution in [0.5, 0.6) is 0 Å². The number of thiophene rings is 1. The van der Waals surface area contributed by atoms with Crippen LogP contribution in [0.3, 0.4) is 0 Å². The maximum atomic E-state index is 14.8. The standard InChI is InChI=1S/C32H28BFN2O4S2/c1-20-10-13-24(14-11-20)42(37,38)36-27-15-12-23(34)19-26(27)28(25-16-17-41-30(25)35-6)29(36)21-8-7-9-22(18-21)33-39-31(2,3)32(4,5)40-33/h7-19H,1-5H3. The van der Waals surface area contributed by atoms with Gasteiger partial charge in [0.1, 0.15) is 5.82 Å². The molecule has 5 aromatic rings. The third-order valence-corrected chi connectivity index (χ3v) is 10.7. The molecule has 1 fully saturated rings. The quantitative estimate of drug-likeness (QED) is 0.155. The minimum Gasteiger partial charge on any atom is -0.399 e. The monoisotopic (exact) mass is 598 g/mol. The lowest BCUT2D eigenvalue weighted by Gasteiger charge is -2.32. The average Bonchev–Trinajstić information content (AvgIpc) is 3.60. The highest BCUT2D eigenvalue weighted by atomic mass is 32.2. The zero-order valence-electron chi connectivity index (χ0n) is 23.8. The van der Waals surface area contributed by atoms with E-state index in [2.05, 4.69) is 4.85 Å². The van der Waals surface area contributed by atoms with Crippen LogP contribution < -0.4 is 5.46 Å². The van der Waals surface area contributed by atoms with Gasteiger partial charge in [-0.05, 0) is 81.4 Å². The molecule has 2 aromatic heterocycles. The molecule has 0 spiro atoms. The van der Waals surface area contributed by atoms with Crippen LogP contribution in [0.25, 0.3) is 38.1 Å². The third kappa shape index (κ3) is 4.48. The second-order valence-electron chi connectivity index (χ2n) is 11.4. The molecule has 1 aliphatic heterocycles. The topological polar surface area (TPSA) is 61.9 Å². The molecule has 212 valence electrons. The Morgan fingerprint density at radius 2 is 1.64 bits per heavy atom. The molecule has 0 radical (unpaired) electrons. The first-order valence-corrected chi connectivity index (χ1v) is 15.7. The van der Waals surface area contributed by atoms with Gasteiger partial charge in [-0.1, -0.05) is 48.0 Å². The molecular weight excluding hydrogens is 570 g/mol. The molecule has 6 rings (SSSR count). The van der Waals surface area contributed by atoms with Gasteiger partial charge in [-0.2, -0.15) is 11.3 Å². The van der Waals surface area contributed by atoms with Gasteiger partial charge in [-0.25, -0.2) is 21.6 Å². The summed E-state index contributed by atoms with van der Waals surface area (Å²) in [7, 11) is -4.85. The van der Waals surface area contributed by atoms with Crippen molar-refractivity contribution in [1.82, 2.24) is 3.97 Å². The van der Waals surface area contributed by atoms with Crippen molar-refractivity contribution in [3.05, 3.63) is 101 Å². The number of hydrogen-bond donors (Lipinski definition) is 0. The van der Waals surface area contributed by atoms with E-state index >= 15 is 0 Å².